The summed E-state index contributed by atoms with van der Waals surface area (Å²) >= 11 is 0. The molecule has 0 aromatic heterocycles. The Morgan fingerprint density at radius 2 is 1.61 bits per heavy atom. The van der Waals surface area contributed by atoms with E-state index >= 15 is 0 Å². The highest BCUT2D eigenvalue weighted by molar-refractivity contribution is 6.00. The summed E-state index contributed by atoms with van der Waals surface area (Å²) in [7, 11) is 2.79. The number of carbonyl (C=O) groups excluding carboxylic acids is 1. The van der Waals surface area contributed by atoms with Crippen LogP contribution in [0.2, 0.25) is 0 Å². The molecule has 6 nitrogen and oxygen atoms in total. The van der Waals surface area contributed by atoms with Crippen LogP contribution in [0.4, 0.5) is 13.2 Å². The zero-order chi connectivity index (χ0) is 23.4. The number of hydrogen-bond acceptors (Lipinski definition) is 6. The molecule has 0 saturated heterocycles. The van der Waals surface area contributed by atoms with Gasteiger partial charge in [-0.15, -0.1) is 0 Å². The first-order chi connectivity index (χ1) is 14.6. The van der Waals surface area contributed by atoms with E-state index in [4.69, 9.17) is 14.5 Å². The van der Waals surface area contributed by atoms with Crippen molar-refractivity contribution in [1.29, 1.82) is 0 Å². The Morgan fingerprint density at radius 1 is 1.00 bits per heavy atom. The van der Waals surface area contributed by atoms with E-state index in [0.717, 1.165) is 28.8 Å². The predicted octanol–water partition coefficient (Wildman–Crippen LogP) is 5.11. The van der Waals surface area contributed by atoms with Crippen LogP contribution in [0, 0.1) is 6.92 Å². The number of benzene rings is 2. The van der Waals surface area contributed by atoms with Crippen LogP contribution in [-0.2, 0) is 32.0 Å². The Morgan fingerprint density at radius 3 is 2.13 bits per heavy atom. The molecule has 0 N–H and O–H groups in total. The molecule has 168 valence electrons. The van der Waals surface area contributed by atoms with Gasteiger partial charge in [0.2, 0.25) is 0 Å². The Hall–Kier alpha value is -3.36. The number of rotatable bonds is 7. The average Bonchev–Trinajstić information content (AvgIpc) is 2.74. The topological polar surface area (TPSA) is 69.5 Å². The van der Waals surface area contributed by atoms with Gasteiger partial charge in [-0.05, 0) is 44.0 Å². The molecule has 0 aliphatic heterocycles. The van der Waals surface area contributed by atoms with Gasteiger partial charge in [-0.1, -0.05) is 40.6 Å². The van der Waals surface area contributed by atoms with Crippen molar-refractivity contribution < 1.29 is 32.4 Å². The van der Waals surface area contributed by atoms with Gasteiger partial charge in [-0.25, -0.2) is 0 Å². The molecular formula is C22H25F3N2O4. The van der Waals surface area contributed by atoms with Gasteiger partial charge in [0.15, 0.2) is 0 Å². The number of nitrogens with zero attached hydrogens (tertiary/aromatic N) is 2. The van der Waals surface area contributed by atoms with E-state index in [0.29, 0.717) is 23.5 Å². The SMILES string of the molecule is CO/N=C(/C)c1cccc(C)c1CO/N=C(\C)c1ccc(C(F)(F)F)cc1.COC=O. The van der Waals surface area contributed by atoms with E-state index in [1.54, 1.807) is 6.92 Å². The summed E-state index contributed by atoms with van der Waals surface area (Å²) in [6.45, 7) is 6.04. The molecule has 0 aliphatic carbocycles. The molecule has 0 heterocycles. The van der Waals surface area contributed by atoms with E-state index in [1.807, 2.05) is 32.0 Å². The van der Waals surface area contributed by atoms with Crippen LogP contribution in [0.1, 0.15) is 41.7 Å². The van der Waals surface area contributed by atoms with Crippen molar-refractivity contribution in [3.05, 3.63) is 70.3 Å². The first-order valence-electron chi connectivity index (χ1n) is 9.12. The standard InChI is InChI=1S/C20H21F3N2O2.C2H4O2/c1-13-6-5-7-18(15(3)24-26-4)19(13)12-27-25-14(2)16-8-10-17(11-9-16)20(21,22)23;1-4-2-3/h5-11H,12H2,1-4H3;2H,1H3/b24-15-,25-14+;. The number of methoxy groups -OCH3 is 1. The number of carbonyl (C=O) groups is 1. The highest BCUT2D eigenvalue weighted by Gasteiger charge is 2.30. The number of alkyl halides is 3. The minimum absolute atomic E-state index is 0.205. The molecule has 0 aliphatic rings. The van der Waals surface area contributed by atoms with E-state index in [-0.39, 0.29) is 6.61 Å². The minimum atomic E-state index is -4.36. The van der Waals surface area contributed by atoms with Crippen molar-refractivity contribution in [2.24, 2.45) is 10.3 Å². The van der Waals surface area contributed by atoms with Crippen molar-refractivity contribution >= 4 is 17.9 Å². The maximum atomic E-state index is 12.6. The maximum absolute atomic E-state index is 12.6. The molecule has 0 spiro atoms. The lowest BCUT2D eigenvalue weighted by molar-refractivity contribution is -0.137. The third-order valence-electron chi connectivity index (χ3n) is 4.16. The van der Waals surface area contributed by atoms with Crippen LogP contribution in [-0.4, -0.2) is 32.1 Å². The van der Waals surface area contributed by atoms with Crippen molar-refractivity contribution in [3.63, 3.8) is 0 Å². The van der Waals surface area contributed by atoms with Crippen molar-refractivity contribution in [3.8, 4) is 0 Å². The number of halogens is 3. The summed E-state index contributed by atoms with van der Waals surface area (Å²) in [4.78, 5) is 19.2. The molecule has 2 aromatic rings. The third kappa shape index (κ3) is 8.12. The molecule has 0 bridgehead atoms. The highest BCUT2D eigenvalue weighted by atomic mass is 19.4. The highest BCUT2D eigenvalue weighted by Crippen LogP contribution is 2.29. The van der Waals surface area contributed by atoms with Crippen molar-refractivity contribution in [2.45, 2.75) is 33.6 Å². The summed E-state index contributed by atoms with van der Waals surface area (Å²) < 4.78 is 41.8. The molecule has 31 heavy (non-hydrogen) atoms. The summed E-state index contributed by atoms with van der Waals surface area (Å²) in [5.74, 6) is 0. The zero-order valence-electron chi connectivity index (χ0n) is 18.0. The Kier molecular flexibility index (Phi) is 10.2. The van der Waals surface area contributed by atoms with Crippen LogP contribution in [0.25, 0.3) is 0 Å². The summed E-state index contributed by atoms with van der Waals surface area (Å²) in [6.07, 6.45) is -4.36. The number of aryl methyl sites for hydroxylation is 1. The van der Waals surface area contributed by atoms with Gasteiger partial charge in [0.05, 0.1) is 24.1 Å². The van der Waals surface area contributed by atoms with E-state index in [9.17, 15) is 13.2 Å². The lowest BCUT2D eigenvalue weighted by Crippen LogP contribution is -2.06. The Labute approximate surface area is 179 Å². The van der Waals surface area contributed by atoms with Crippen molar-refractivity contribution in [1.82, 2.24) is 0 Å². The monoisotopic (exact) mass is 438 g/mol. The van der Waals surface area contributed by atoms with Crippen molar-refractivity contribution in [2.75, 3.05) is 14.2 Å². The van der Waals surface area contributed by atoms with Gasteiger partial charge in [-0.2, -0.15) is 13.2 Å². The van der Waals surface area contributed by atoms with Crippen LogP contribution in [0.15, 0.2) is 52.8 Å². The Bertz CT molecular complexity index is 908. The van der Waals surface area contributed by atoms with Crippen LogP contribution >= 0.6 is 0 Å². The Balaban J connectivity index is 0.00000110. The molecule has 0 amide bonds. The summed E-state index contributed by atoms with van der Waals surface area (Å²) in [5.41, 5.74) is 3.88. The second kappa shape index (κ2) is 12.4. The fraction of sp³-hybridized carbons (Fsp3) is 0.318. The van der Waals surface area contributed by atoms with Gasteiger partial charge < -0.3 is 14.4 Å². The van der Waals surface area contributed by atoms with Crippen LogP contribution in [0.5, 0.6) is 0 Å². The zero-order valence-corrected chi connectivity index (χ0v) is 18.0. The maximum Gasteiger partial charge on any atom is 0.416 e. The van der Waals surface area contributed by atoms with Gasteiger partial charge in [0.1, 0.15) is 13.7 Å². The molecule has 0 fully saturated rings. The quantitative estimate of drug-likeness (QED) is 0.342. The second-order valence-electron chi connectivity index (χ2n) is 6.32. The molecule has 0 unspecified atom stereocenters. The molecular weight excluding hydrogens is 413 g/mol. The normalized spacial score (nSPS) is 11.9. The lowest BCUT2D eigenvalue weighted by Gasteiger charge is -2.12. The first kappa shape index (κ1) is 25.7. The minimum Gasteiger partial charge on any atom is -0.471 e. The first-order valence-corrected chi connectivity index (χ1v) is 9.12. The van der Waals surface area contributed by atoms with Gasteiger partial charge in [0.25, 0.3) is 6.47 Å². The molecule has 2 aromatic carbocycles. The lowest BCUT2D eigenvalue weighted by atomic mass is 10.00. The van der Waals surface area contributed by atoms with Gasteiger partial charge in [-0.3, -0.25) is 4.79 Å². The molecule has 9 heteroatoms. The van der Waals surface area contributed by atoms with E-state index in [1.165, 1.54) is 26.4 Å². The summed E-state index contributed by atoms with van der Waals surface area (Å²) in [6, 6.07) is 10.6. The van der Waals surface area contributed by atoms with Gasteiger partial charge in [0, 0.05) is 11.1 Å². The van der Waals surface area contributed by atoms with Gasteiger partial charge >= 0.3 is 6.18 Å². The molecule has 0 atom stereocenters. The molecule has 2 rings (SSSR count). The summed E-state index contributed by atoms with van der Waals surface area (Å²) in [5, 5.41) is 7.98. The smallest absolute Gasteiger partial charge is 0.416 e. The number of ether oxygens (including phenoxy) is 1. The average molecular weight is 438 g/mol. The fourth-order valence-electron chi connectivity index (χ4n) is 2.57. The van der Waals surface area contributed by atoms with E-state index in [2.05, 4.69) is 15.0 Å². The van der Waals surface area contributed by atoms with Crippen LogP contribution in [0.3, 0.4) is 0 Å². The fourth-order valence-corrected chi connectivity index (χ4v) is 2.57. The largest absolute Gasteiger partial charge is 0.471 e. The van der Waals surface area contributed by atoms with E-state index < -0.39 is 11.7 Å². The number of oxime groups is 2. The second-order valence-corrected chi connectivity index (χ2v) is 6.32. The number of hydrogen-bond donors (Lipinski definition) is 0. The third-order valence-corrected chi connectivity index (χ3v) is 4.16. The molecule has 0 radical (unpaired) electrons. The molecule has 0 saturated carbocycles. The van der Waals surface area contributed by atoms with Crippen LogP contribution < -0.4 is 0 Å². The predicted molar refractivity (Wildman–Crippen MR) is 112 cm³/mol.